The number of nitrogens with one attached hydrogen (secondary N) is 1. The molecule has 0 atom stereocenters. The van der Waals surface area contributed by atoms with Gasteiger partial charge in [0.1, 0.15) is 0 Å². The summed E-state index contributed by atoms with van der Waals surface area (Å²) in [6.07, 6.45) is 5.44. The second kappa shape index (κ2) is 5.19. The van der Waals surface area contributed by atoms with Crippen LogP contribution >= 0.6 is 27.3 Å². The van der Waals surface area contributed by atoms with Crippen LogP contribution in [0.25, 0.3) is 0 Å². The molecule has 1 saturated carbocycles. The van der Waals surface area contributed by atoms with Crippen molar-refractivity contribution in [3.8, 4) is 0 Å². The molecule has 1 aromatic rings. The van der Waals surface area contributed by atoms with Crippen molar-refractivity contribution < 1.29 is 0 Å². The first-order chi connectivity index (χ1) is 7.60. The lowest BCUT2D eigenvalue weighted by atomic mass is 9.66. The molecule has 16 heavy (non-hydrogen) atoms. The molecule has 90 valence electrons. The van der Waals surface area contributed by atoms with E-state index in [9.17, 15) is 0 Å². The highest BCUT2D eigenvalue weighted by Crippen LogP contribution is 2.44. The Kier molecular flexibility index (Phi) is 4.09. The highest BCUT2D eigenvalue weighted by molar-refractivity contribution is 9.10. The van der Waals surface area contributed by atoms with Crippen molar-refractivity contribution in [1.29, 1.82) is 0 Å². The van der Waals surface area contributed by atoms with Crippen molar-refractivity contribution in [1.82, 2.24) is 5.32 Å². The zero-order valence-corrected chi connectivity index (χ0v) is 12.5. The third kappa shape index (κ3) is 3.08. The highest BCUT2D eigenvalue weighted by Gasteiger charge is 2.37. The fourth-order valence-corrected chi connectivity index (χ4v) is 3.95. The van der Waals surface area contributed by atoms with Crippen LogP contribution in [0.1, 0.15) is 38.0 Å². The minimum Gasteiger partial charge on any atom is -0.314 e. The van der Waals surface area contributed by atoms with Crippen LogP contribution in [0, 0.1) is 5.41 Å². The average Bonchev–Trinajstić information content (AvgIpc) is 2.55. The summed E-state index contributed by atoms with van der Waals surface area (Å²) >= 11 is 5.42. The van der Waals surface area contributed by atoms with E-state index in [0.717, 1.165) is 0 Å². The average molecular weight is 302 g/mol. The normalized spacial score (nSPS) is 18.8. The second-order valence-electron chi connectivity index (χ2n) is 5.30. The van der Waals surface area contributed by atoms with Gasteiger partial charge in [-0.1, -0.05) is 20.3 Å². The van der Waals surface area contributed by atoms with Crippen LogP contribution in [0.15, 0.2) is 15.9 Å². The number of hydrogen-bond donors (Lipinski definition) is 1. The van der Waals surface area contributed by atoms with E-state index in [-0.39, 0.29) is 0 Å². The van der Waals surface area contributed by atoms with E-state index in [1.807, 2.05) is 11.3 Å². The van der Waals surface area contributed by atoms with Crippen molar-refractivity contribution in [2.75, 3.05) is 6.54 Å². The van der Waals surface area contributed by atoms with Crippen molar-refractivity contribution >= 4 is 27.3 Å². The van der Waals surface area contributed by atoms with E-state index in [0.29, 0.717) is 11.5 Å². The first-order valence-corrected chi connectivity index (χ1v) is 7.73. The second-order valence-corrected chi connectivity index (χ2v) is 7.21. The van der Waals surface area contributed by atoms with E-state index in [1.54, 1.807) is 0 Å². The van der Waals surface area contributed by atoms with Gasteiger partial charge in [-0.3, -0.25) is 0 Å². The maximum atomic E-state index is 3.61. The topological polar surface area (TPSA) is 12.0 Å². The molecular formula is C13H20BrNS. The van der Waals surface area contributed by atoms with Crippen LogP contribution in [0.5, 0.6) is 0 Å². The molecule has 0 saturated heterocycles. The monoisotopic (exact) mass is 301 g/mol. The molecule has 0 radical (unpaired) electrons. The van der Waals surface area contributed by atoms with Gasteiger partial charge in [0.05, 0.1) is 0 Å². The number of rotatable bonds is 5. The van der Waals surface area contributed by atoms with E-state index in [2.05, 4.69) is 46.5 Å². The number of hydrogen-bond acceptors (Lipinski definition) is 2. The van der Waals surface area contributed by atoms with Gasteiger partial charge < -0.3 is 5.32 Å². The summed E-state index contributed by atoms with van der Waals surface area (Å²) in [5.74, 6) is 0. The van der Waals surface area contributed by atoms with Crippen molar-refractivity contribution in [3.63, 3.8) is 0 Å². The fraction of sp³-hybridized carbons (Fsp3) is 0.692. The SMILES string of the molecule is CC(C)NCC1(Cc2cc(Br)cs2)CCC1. The number of halogens is 1. The predicted octanol–water partition coefficient (Wildman–Crippen LogP) is 4.22. The first kappa shape index (κ1) is 12.6. The van der Waals surface area contributed by atoms with E-state index in [4.69, 9.17) is 0 Å². The number of thiophene rings is 1. The molecule has 1 aliphatic carbocycles. The van der Waals surface area contributed by atoms with Gasteiger partial charge in [0, 0.05) is 27.3 Å². The molecule has 1 N–H and O–H groups in total. The molecular weight excluding hydrogens is 282 g/mol. The lowest BCUT2D eigenvalue weighted by Gasteiger charge is -2.42. The summed E-state index contributed by atoms with van der Waals surface area (Å²) in [5, 5.41) is 5.80. The van der Waals surface area contributed by atoms with Crippen LogP contribution in [0.4, 0.5) is 0 Å². The Morgan fingerprint density at radius 1 is 1.50 bits per heavy atom. The summed E-state index contributed by atoms with van der Waals surface area (Å²) in [4.78, 5) is 1.53. The third-order valence-corrected chi connectivity index (χ3v) is 5.17. The Morgan fingerprint density at radius 3 is 2.69 bits per heavy atom. The van der Waals surface area contributed by atoms with E-state index in [1.165, 1.54) is 41.6 Å². The van der Waals surface area contributed by atoms with Crippen molar-refractivity contribution in [2.45, 2.75) is 45.6 Å². The summed E-state index contributed by atoms with van der Waals surface area (Å²) < 4.78 is 1.23. The van der Waals surface area contributed by atoms with Gasteiger partial charge >= 0.3 is 0 Å². The van der Waals surface area contributed by atoms with Gasteiger partial charge in [-0.25, -0.2) is 0 Å². The standard InChI is InChI=1S/C13H20BrNS/c1-10(2)15-9-13(4-3-5-13)7-12-6-11(14)8-16-12/h6,8,10,15H,3-5,7,9H2,1-2H3. The minimum absolute atomic E-state index is 0.550. The van der Waals surface area contributed by atoms with Gasteiger partial charge in [0.25, 0.3) is 0 Å². The lowest BCUT2D eigenvalue weighted by Crippen LogP contribution is -2.43. The maximum Gasteiger partial charge on any atom is 0.0285 e. The van der Waals surface area contributed by atoms with Gasteiger partial charge in [0.15, 0.2) is 0 Å². The molecule has 1 fully saturated rings. The largest absolute Gasteiger partial charge is 0.314 e. The molecule has 1 aromatic heterocycles. The van der Waals surface area contributed by atoms with Crippen molar-refractivity contribution in [3.05, 3.63) is 20.8 Å². The predicted molar refractivity (Wildman–Crippen MR) is 75.1 cm³/mol. The summed E-state index contributed by atoms with van der Waals surface area (Å²) in [6.45, 7) is 5.64. The van der Waals surface area contributed by atoms with E-state index < -0.39 is 0 Å². The van der Waals surface area contributed by atoms with E-state index >= 15 is 0 Å². The van der Waals surface area contributed by atoms with Crippen LogP contribution in [0.2, 0.25) is 0 Å². The molecule has 0 spiro atoms. The summed E-state index contributed by atoms with van der Waals surface area (Å²) in [7, 11) is 0. The molecule has 0 aliphatic heterocycles. The Labute approximate surface area is 111 Å². The molecule has 1 heterocycles. The van der Waals surface area contributed by atoms with Gasteiger partial charge in [-0.05, 0) is 46.7 Å². The molecule has 1 aliphatic rings. The maximum absolute atomic E-state index is 3.61. The van der Waals surface area contributed by atoms with Gasteiger partial charge in [0.2, 0.25) is 0 Å². The Morgan fingerprint density at radius 2 is 2.25 bits per heavy atom. The third-order valence-electron chi connectivity index (χ3n) is 3.47. The zero-order valence-electron chi connectivity index (χ0n) is 10.1. The van der Waals surface area contributed by atoms with Crippen LogP contribution < -0.4 is 5.32 Å². The molecule has 0 aromatic carbocycles. The van der Waals surface area contributed by atoms with Gasteiger partial charge in [-0.2, -0.15) is 0 Å². The molecule has 3 heteroatoms. The fourth-order valence-electron chi connectivity index (χ4n) is 2.33. The Bertz CT molecular complexity index is 341. The molecule has 1 nitrogen and oxygen atoms in total. The molecule has 2 rings (SSSR count). The lowest BCUT2D eigenvalue weighted by molar-refractivity contribution is 0.128. The van der Waals surface area contributed by atoms with Gasteiger partial charge in [-0.15, -0.1) is 11.3 Å². The van der Waals surface area contributed by atoms with Crippen LogP contribution in [0.3, 0.4) is 0 Å². The smallest absolute Gasteiger partial charge is 0.0285 e. The quantitative estimate of drug-likeness (QED) is 0.858. The highest BCUT2D eigenvalue weighted by atomic mass is 79.9. The Hall–Kier alpha value is 0.140. The first-order valence-electron chi connectivity index (χ1n) is 6.06. The molecule has 0 bridgehead atoms. The Balaban J connectivity index is 1.94. The minimum atomic E-state index is 0.550. The van der Waals surface area contributed by atoms with Crippen LogP contribution in [-0.2, 0) is 6.42 Å². The summed E-state index contributed by atoms with van der Waals surface area (Å²) in [6, 6.07) is 2.88. The zero-order chi connectivity index (χ0) is 11.6. The van der Waals surface area contributed by atoms with Crippen molar-refractivity contribution in [2.24, 2.45) is 5.41 Å². The van der Waals surface area contributed by atoms with Crippen LogP contribution in [-0.4, -0.2) is 12.6 Å². The molecule has 0 unspecified atom stereocenters. The summed E-state index contributed by atoms with van der Waals surface area (Å²) in [5.41, 5.74) is 0.550. The molecule has 0 amide bonds.